The lowest BCUT2D eigenvalue weighted by molar-refractivity contribution is 0.0526. The number of ether oxygens (including phenoxy) is 1. The SMILES string of the molecule is CCOC(=O)c1cccc(NS(=O)(=O)c2c(F)cccc2F)c1. The summed E-state index contributed by atoms with van der Waals surface area (Å²) in [7, 11) is -4.48. The van der Waals surface area contributed by atoms with E-state index in [4.69, 9.17) is 4.74 Å². The molecule has 0 aliphatic carbocycles. The molecule has 0 saturated heterocycles. The minimum Gasteiger partial charge on any atom is -0.462 e. The molecule has 0 radical (unpaired) electrons. The maximum absolute atomic E-state index is 13.6. The molecule has 0 heterocycles. The number of carbonyl (C=O) groups is 1. The summed E-state index contributed by atoms with van der Waals surface area (Å²) in [5.41, 5.74) is 0.0965. The predicted molar refractivity (Wildman–Crippen MR) is 79.6 cm³/mol. The van der Waals surface area contributed by atoms with Crippen molar-refractivity contribution in [3.8, 4) is 0 Å². The van der Waals surface area contributed by atoms with Gasteiger partial charge in [-0.1, -0.05) is 12.1 Å². The molecule has 0 spiro atoms. The Hall–Kier alpha value is -2.48. The second kappa shape index (κ2) is 6.74. The minimum atomic E-state index is -4.48. The molecule has 0 aliphatic heterocycles. The standard InChI is InChI=1S/C15H13F2NO4S/c1-2-22-15(19)10-5-3-6-11(9-10)18-23(20,21)14-12(16)7-4-8-13(14)17/h3-9,18H,2H2,1H3. The van der Waals surface area contributed by atoms with Gasteiger partial charge in [0.2, 0.25) is 0 Å². The second-order valence-electron chi connectivity index (χ2n) is 4.46. The van der Waals surface area contributed by atoms with Crippen molar-refractivity contribution >= 4 is 21.7 Å². The van der Waals surface area contributed by atoms with Crippen LogP contribution in [0.15, 0.2) is 47.4 Å². The van der Waals surface area contributed by atoms with Crippen LogP contribution in [0.2, 0.25) is 0 Å². The van der Waals surface area contributed by atoms with Crippen LogP contribution in [-0.4, -0.2) is 21.0 Å². The molecule has 122 valence electrons. The second-order valence-corrected chi connectivity index (χ2v) is 6.08. The van der Waals surface area contributed by atoms with E-state index >= 15 is 0 Å². The van der Waals surface area contributed by atoms with Crippen molar-refractivity contribution in [1.29, 1.82) is 0 Å². The molecule has 2 aromatic carbocycles. The molecule has 0 aliphatic rings. The molecule has 2 aromatic rings. The van der Waals surface area contributed by atoms with Gasteiger partial charge in [0.15, 0.2) is 4.90 Å². The summed E-state index contributed by atoms with van der Waals surface area (Å²) in [6.07, 6.45) is 0. The highest BCUT2D eigenvalue weighted by Crippen LogP contribution is 2.22. The summed E-state index contributed by atoms with van der Waals surface area (Å²) in [6.45, 7) is 1.79. The Morgan fingerprint density at radius 1 is 1.13 bits per heavy atom. The first-order chi connectivity index (χ1) is 10.8. The third-order valence-electron chi connectivity index (χ3n) is 2.81. The maximum atomic E-state index is 13.6. The quantitative estimate of drug-likeness (QED) is 0.849. The molecule has 5 nitrogen and oxygen atoms in total. The fourth-order valence-corrected chi connectivity index (χ4v) is 3.06. The van der Waals surface area contributed by atoms with Crippen molar-refractivity contribution in [3.05, 3.63) is 59.7 Å². The smallest absolute Gasteiger partial charge is 0.338 e. The average Bonchev–Trinajstić information content (AvgIpc) is 2.46. The largest absolute Gasteiger partial charge is 0.462 e. The first kappa shape index (κ1) is 16.9. The molecule has 0 saturated carbocycles. The lowest BCUT2D eigenvalue weighted by Gasteiger charge is -2.10. The summed E-state index contributed by atoms with van der Waals surface area (Å²) in [4.78, 5) is 10.5. The molecule has 23 heavy (non-hydrogen) atoms. The van der Waals surface area contributed by atoms with Crippen molar-refractivity contribution in [2.24, 2.45) is 0 Å². The topological polar surface area (TPSA) is 72.5 Å². The van der Waals surface area contributed by atoms with Gasteiger partial charge in [0.05, 0.1) is 12.2 Å². The Kier molecular flexibility index (Phi) is 4.95. The van der Waals surface area contributed by atoms with Gasteiger partial charge in [-0.15, -0.1) is 0 Å². The van der Waals surface area contributed by atoms with E-state index in [-0.39, 0.29) is 17.9 Å². The van der Waals surface area contributed by atoms with Crippen molar-refractivity contribution in [2.45, 2.75) is 11.8 Å². The number of esters is 1. The highest BCUT2D eigenvalue weighted by molar-refractivity contribution is 7.92. The predicted octanol–water partition coefficient (Wildman–Crippen LogP) is 2.94. The molecular formula is C15H13F2NO4S. The van der Waals surface area contributed by atoms with Gasteiger partial charge in [0, 0.05) is 5.69 Å². The van der Waals surface area contributed by atoms with E-state index in [1.165, 1.54) is 24.3 Å². The summed E-state index contributed by atoms with van der Waals surface area (Å²) >= 11 is 0. The van der Waals surface area contributed by atoms with E-state index in [9.17, 15) is 22.0 Å². The molecule has 0 fully saturated rings. The van der Waals surface area contributed by atoms with E-state index < -0.39 is 32.5 Å². The molecule has 0 atom stereocenters. The number of hydrogen-bond donors (Lipinski definition) is 1. The zero-order valence-corrected chi connectivity index (χ0v) is 12.9. The van der Waals surface area contributed by atoms with Crippen LogP contribution >= 0.6 is 0 Å². The lowest BCUT2D eigenvalue weighted by Crippen LogP contribution is -2.17. The summed E-state index contributed by atoms with van der Waals surface area (Å²) in [6, 6.07) is 8.15. The zero-order chi connectivity index (χ0) is 17.0. The van der Waals surface area contributed by atoms with E-state index in [0.29, 0.717) is 0 Å². The van der Waals surface area contributed by atoms with Gasteiger partial charge >= 0.3 is 5.97 Å². The maximum Gasteiger partial charge on any atom is 0.338 e. The number of anilines is 1. The fraction of sp³-hybridized carbons (Fsp3) is 0.133. The van der Waals surface area contributed by atoms with E-state index in [1.807, 2.05) is 4.72 Å². The van der Waals surface area contributed by atoms with Crippen LogP contribution in [0, 0.1) is 11.6 Å². The monoisotopic (exact) mass is 341 g/mol. The Morgan fingerprint density at radius 3 is 2.35 bits per heavy atom. The van der Waals surface area contributed by atoms with Gasteiger partial charge in [0.25, 0.3) is 10.0 Å². The Morgan fingerprint density at radius 2 is 1.74 bits per heavy atom. The third kappa shape index (κ3) is 3.84. The van der Waals surface area contributed by atoms with Crippen molar-refractivity contribution in [2.75, 3.05) is 11.3 Å². The summed E-state index contributed by atoms with van der Waals surface area (Å²) in [5.74, 6) is -3.05. The number of carbonyl (C=O) groups excluding carboxylic acids is 1. The summed E-state index contributed by atoms with van der Waals surface area (Å²) in [5, 5.41) is 0. The van der Waals surface area contributed by atoms with Crippen molar-refractivity contribution < 1.29 is 26.7 Å². The van der Waals surface area contributed by atoms with Gasteiger partial charge in [-0.05, 0) is 37.3 Å². The normalized spacial score (nSPS) is 11.1. The van der Waals surface area contributed by atoms with Gasteiger partial charge in [-0.2, -0.15) is 0 Å². The Balaban J connectivity index is 2.35. The minimum absolute atomic E-state index is 0.0155. The van der Waals surface area contributed by atoms with Crippen molar-refractivity contribution in [3.63, 3.8) is 0 Å². The number of sulfonamides is 1. The van der Waals surface area contributed by atoms with Gasteiger partial charge in [-0.3, -0.25) is 4.72 Å². The number of benzene rings is 2. The number of nitrogens with one attached hydrogen (secondary N) is 1. The molecular weight excluding hydrogens is 328 g/mol. The van der Waals surface area contributed by atoms with E-state index in [1.54, 1.807) is 6.92 Å². The first-order valence-corrected chi connectivity index (χ1v) is 8.07. The first-order valence-electron chi connectivity index (χ1n) is 6.59. The zero-order valence-electron chi connectivity index (χ0n) is 12.0. The van der Waals surface area contributed by atoms with Crippen LogP contribution in [0.25, 0.3) is 0 Å². The van der Waals surface area contributed by atoms with Crippen LogP contribution in [0.1, 0.15) is 17.3 Å². The lowest BCUT2D eigenvalue weighted by atomic mass is 10.2. The fourth-order valence-electron chi connectivity index (χ4n) is 1.87. The molecule has 0 bridgehead atoms. The van der Waals surface area contributed by atoms with E-state index in [0.717, 1.165) is 18.2 Å². The van der Waals surface area contributed by atoms with Crippen LogP contribution in [0.4, 0.5) is 14.5 Å². The van der Waals surface area contributed by atoms with Gasteiger partial charge < -0.3 is 4.74 Å². The molecule has 0 amide bonds. The average molecular weight is 341 g/mol. The highest BCUT2D eigenvalue weighted by atomic mass is 32.2. The molecule has 2 rings (SSSR count). The number of rotatable bonds is 5. The van der Waals surface area contributed by atoms with E-state index in [2.05, 4.69) is 0 Å². The van der Waals surface area contributed by atoms with Gasteiger partial charge in [0.1, 0.15) is 11.6 Å². The molecule has 1 N–H and O–H groups in total. The Bertz CT molecular complexity index is 817. The number of halogens is 2. The molecule has 8 heteroatoms. The summed E-state index contributed by atoms with van der Waals surface area (Å²) < 4.78 is 58.4. The van der Waals surface area contributed by atoms with Crippen molar-refractivity contribution in [1.82, 2.24) is 0 Å². The van der Waals surface area contributed by atoms with Crippen LogP contribution in [0.3, 0.4) is 0 Å². The highest BCUT2D eigenvalue weighted by Gasteiger charge is 2.24. The molecule has 0 aromatic heterocycles. The molecule has 0 unspecified atom stereocenters. The van der Waals surface area contributed by atoms with Crippen LogP contribution in [0.5, 0.6) is 0 Å². The van der Waals surface area contributed by atoms with Gasteiger partial charge in [-0.25, -0.2) is 22.0 Å². The number of hydrogen-bond acceptors (Lipinski definition) is 4. The Labute approximate surface area is 132 Å². The third-order valence-corrected chi connectivity index (χ3v) is 4.25. The van der Waals surface area contributed by atoms with Crippen LogP contribution in [-0.2, 0) is 14.8 Å². The van der Waals surface area contributed by atoms with Crippen LogP contribution < -0.4 is 4.72 Å².